The van der Waals surface area contributed by atoms with E-state index in [9.17, 15) is 24.6 Å². The van der Waals surface area contributed by atoms with Crippen molar-refractivity contribution >= 4 is 23.7 Å². The number of likely N-dealkylation sites (tertiary alicyclic amines) is 1. The molecule has 3 atom stereocenters. The predicted octanol–water partition coefficient (Wildman–Crippen LogP) is 1.01. The summed E-state index contributed by atoms with van der Waals surface area (Å²) in [5.41, 5.74) is 5.88. The van der Waals surface area contributed by atoms with Gasteiger partial charge in [0.15, 0.2) is 0 Å². The van der Waals surface area contributed by atoms with E-state index in [1.807, 2.05) is 0 Å². The number of aliphatic carboxylic acids is 1. The van der Waals surface area contributed by atoms with Crippen LogP contribution in [-0.2, 0) is 16.0 Å². The molecular weight excluding hydrogens is 406 g/mol. The van der Waals surface area contributed by atoms with E-state index in [1.54, 1.807) is 25.1 Å². The largest absolute Gasteiger partial charge is 0.480 e. The zero-order valence-electron chi connectivity index (χ0n) is 16.8. The number of esters is 1. The van der Waals surface area contributed by atoms with Crippen molar-refractivity contribution in [2.24, 2.45) is 11.7 Å². The fraction of sp³-hybridized carbons (Fsp3) is 0.333. The highest BCUT2D eigenvalue weighted by Gasteiger charge is 2.40. The summed E-state index contributed by atoms with van der Waals surface area (Å²) in [6.07, 6.45) is -0.720. The number of amides is 1. The minimum absolute atomic E-state index is 0.00205. The molecule has 3 rings (SSSR count). The van der Waals surface area contributed by atoms with Crippen LogP contribution in [0.4, 0.5) is 0 Å². The number of nitrogen functional groups attached to an aromatic ring is 1. The number of ether oxygens (including phenoxy) is 1. The molecule has 0 spiro atoms. The average Bonchev–Trinajstić information content (AvgIpc) is 3.34. The number of aliphatic hydroxyl groups is 1. The molecule has 1 amide bonds. The summed E-state index contributed by atoms with van der Waals surface area (Å²) in [6.45, 7) is 1.60. The lowest BCUT2D eigenvalue weighted by Crippen LogP contribution is -2.43. The fourth-order valence-electron chi connectivity index (χ4n) is 3.42. The number of carboxylic acid groups (broad SMARTS) is 1. The highest BCUT2D eigenvalue weighted by atomic mass is 16.5. The quantitative estimate of drug-likeness (QED) is 0.219. The van der Waals surface area contributed by atoms with Crippen molar-refractivity contribution in [1.29, 1.82) is 5.41 Å². The molecule has 1 saturated heterocycles. The number of amidine groups is 1. The summed E-state index contributed by atoms with van der Waals surface area (Å²) < 4.78 is 10.7. The van der Waals surface area contributed by atoms with Crippen molar-refractivity contribution in [2.75, 3.05) is 6.54 Å². The molecule has 164 valence electrons. The standard InChI is InChI=1S/C21H23N3O7/c1-11(19(26)24-10-13(25)9-16(24)20(27)28)8-15-6-7-17(30-15)21(29)31-14-4-2-12(3-5-14)18(22)23/h2-7,11,13,16,25H,8-10H2,1H3,(H3,22,23)(H,27,28)/t11?,13-,16+/m0/s1. The van der Waals surface area contributed by atoms with Crippen molar-refractivity contribution in [3.05, 3.63) is 53.5 Å². The highest BCUT2D eigenvalue weighted by molar-refractivity contribution is 5.95. The van der Waals surface area contributed by atoms with E-state index in [1.165, 1.54) is 23.1 Å². The van der Waals surface area contributed by atoms with Gasteiger partial charge in [-0.15, -0.1) is 0 Å². The van der Waals surface area contributed by atoms with Gasteiger partial charge >= 0.3 is 11.9 Å². The second-order valence-corrected chi connectivity index (χ2v) is 7.43. The molecule has 1 aliphatic heterocycles. The number of carbonyl (C=O) groups excluding carboxylic acids is 2. The van der Waals surface area contributed by atoms with Crippen molar-refractivity contribution in [3.63, 3.8) is 0 Å². The van der Waals surface area contributed by atoms with Gasteiger partial charge < -0.3 is 30.0 Å². The van der Waals surface area contributed by atoms with E-state index in [2.05, 4.69) is 0 Å². The van der Waals surface area contributed by atoms with Gasteiger partial charge in [-0.2, -0.15) is 0 Å². The van der Waals surface area contributed by atoms with Gasteiger partial charge in [0.25, 0.3) is 0 Å². The molecular formula is C21H23N3O7. The second kappa shape index (κ2) is 9.00. The van der Waals surface area contributed by atoms with Crippen LogP contribution in [0.2, 0.25) is 0 Å². The minimum Gasteiger partial charge on any atom is -0.480 e. The van der Waals surface area contributed by atoms with Crippen LogP contribution in [0.1, 0.15) is 35.2 Å². The molecule has 0 saturated carbocycles. The summed E-state index contributed by atoms with van der Waals surface area (Å²) in [5.74, 6) is -2.43. The Balaban J connectivity index is 1.61. The minimum atomic E-state index is -1.16. The van der Waals surface area contributed by atoms with Crippen LogP contribution < -0.4 is 10.5 Å². The Morgan fingerprint density at radius 2 is 1.94 bits per heavy atom. The maximum Gasteiger partial charge on any atom is 0.379 e. The third-order valence-electron chi connectivity index (χ3n) is 5.01. The van der Waals surface area contributed by atoms with Crippen LogP contribution >= 0.6 is 0 Å². The van der Waals surface area contributed by atoms with Gasteiger partial charge in [-0.05, 0) is 36.4 Å². The molecule has 1 aromatic heterocycles. The van der Waals surface area contributed by atoms with Crippen molar-refractivity contribution < 1.29 is 33.8 Å². The first-order valence-electron chi connectivity index (χ1n) is 9.62. The Hall–Kier alpha value is -3.66. The summed E-state index contributed by atoms with van der Waals surface area (Å²) in [6, 6.07) is 8.02. The number of carboxylic acids is 1. The van der Waals surface area contributed by atoms with Crippen LogP contribution in [0.3, 0.4) is 0 Å². The van der Waals surface area contributed by atoms with Gasteiger partial charge in [-0.1, -0.05) is 6.92 Å². The van der Waals surface area contributed by atoms with Crippen LogP contribution in [0.15, 0.2) is 40.8 Å². The van der Waals surface area contributed by atoms with Crippen molar-refractivity contribution in [1.82, 2.24) is 4.90 Å². The number of β-amino-alcohol motifs (C(OH)–C–C–N with tert-alkyl or cyclic N) is 1. The first-order valence-corrected chi connectivity index (χ1v) is 9.62. The van der Waals surface area contributed by atoms with Crippen LogP contribution in [0, 0.1) is 11.3 Å². The van der Waals surface area contributed by atoms with Crippen molar-refractivity contribution in [3.8, 4) is 5.75 Å². The highest BCUT2D eigenvalue weighted by Crippen LogP contribution is 2.23. The molecule has 5 N–H and O–H groups in total. The summed E-state index contributed by atoms with van der Waals surface area (Å²) in [4.78, 5) is 37.4. The van der Waals surface area contributed by atoms with E-state index in [0.29, 0.717) is 11.3 Å². The van der Waals surface area contributed by atoms with E-state index >= 15 is 0 Å². The molecule has 0 bridgehead atoms. The molecule has 10 heteroatoms. The third kappa shape index (κ3) is 5.10. The SMILES string of the molecule is CC(Cc1ccc(C(=O)Oc2ccc(C(=N)N)cc2)o1)C(=O)N1C[C@@H](O)C[C@@H]1C(=O)O. The van der Waals surface area contributed by atoms with Crippen molar-refractivity contribution in [2.45, 2.75) is 31.9 Å². The molecule has 0 radical (unpaired) electrons. The number of rotatable bonds is 7. The number of nitrogens with zero attached hydrogens (tertiary/aromatic N) is 1. The average molecular weight is 429 g/mol. The molecule has 0 aliphatic carbocycles. The lowest BCUT2D eigenvalue weighted by molar-refractivity contribution is -0.149. The topological polar surface area (TPSA) is 167 Å². The molecule has 1 unspecified atom stereocenters. The van der Waals surface area contributed by atoms with Gasteiger partial charge in [-0.3, -0.25) is 10.2 Å². The zero-order valence-corrected chi connectivity index (χ0v) is 16.8. The summed E-state index contributed by atoms with van der Waals surface area (Å²) >= 11 is 0. The number of hydrogen-bond donors (Lipinski definition) is 4. The van der Waals surface area contributed by atoms with Gasteiger partial charge in [0.05, 0.1) is 6.10 Å². The normalized spacial score (nSPS) is 19.1. The molecule has 1 fully saturated rings. The van der Waals surface area contributed by atoms with E-state index in [-0.39, 0.29) is 36.7 Å². The number of aliphatic hydroxyl groups excluding tert-OH is 1. The molecule has 1 aromatic carbocycles. The third-order valence-corrected chi connectivity index (χ3v) is 5.01. The molecule has 2 heterocycles. The Morgan fingerprint density at radius 1 is 1.26 bits per heavy atom. The maximum atomic E-state index is 12.7. The Bertz CT molecular complexity index is 999. The second-order valence-electron chi connectivity index (χ2n) is 7.43. The van der Waals surface area contributed by atoms with Gasteiger partial charge in [0.2, 0.25) is 11.7 Å². The van der Waals surface area contributed by atoms with E-state index < -0.39 is 35.9 Å². The zero-order chi connectivity index (χ0) is 22.7. The number of carbonyl (C=O) groups is 3. The predicted molar refractivity (Wildman–Crippen MR) is 108 cm³/mol. The first-order chi connectivity index (χ1) is 14.7. The molecule has 1 aliphatic rings. The number of nitrogens with one attached hydrogen (secondary N) is 1. The fourth-order valence-corrected chi connectivity index (χ4v) is 3.42. The van der Waals surface area contributed by atoms with Gasteiger partial charge in [-0.25, -0.2) is 9.59 Å². The molecule has 10 nitrogen and oxygen atoms in total. The summed E-state index contributed by atoms with van der Waals surface area (Å²) in [7, 11) is 0. The smallest absolute Gasteiger partial charge is 0.379 e. The first kappa shape index (κ1) is 22.0. The Kier molecular flexibility index (Phi) is 6.40. The number of furan rings is 1. The Labute approximate surface area is 177 Å². The molecule has 31 heavy (non-hydrogen) atoms. The van der Waals surface area contributed by atoms with Gasteiger partial charge in [0.1, 0.15) is 23.4 Å². The van der Waals surface area contributed by atoms with Crippen LogP contribution in [0.25, 0.3) is 0 Å². The number of hydrogen-bond acceptors (Lipinski definition) is 7. The van der Waals surface area contributed by atoms with E-state index in [4.69, 9.17) is 20.3 Å². The van der Waals surface area contributed by atoms with Gasteiger partial charge in [0, 0.05) is 30.9 Å². The lowest BCUT2D eigenvalue weighted by atomic mass is 10.0. The van der Waals surface area contributed by atoms with E-state index in [0.717, 1.165) is 0 Å². The summed E-state index contributed by atoms with van der Waals surface area (Å²) in [5, 5.41) is 26.3. The number of nitrogens with two attached hydrogens (primary N) is 1. The monoisotopic (exact) mass is 429 g/mol. The van der Waals surface area contributed by atoms with Crippen LogP contribution in [0.5, 0.6) is 5.75 Å². The Morgan fingerprint density at radius 3 is 2.55 bits per heavy atom. The maximum absolute atomic E-state index is 12.7. The van der Waals surface area contributed by atoms with Crippen LogP contribution in [-0.4, -0.2) is 57.5 Å². The number of benzene rings is 1. The lowest BCUT2D eigenvalue weighted by Gasteiger charge is -2.24. The molecule has 2 aromatic rings.